The highest BCUT2D eigenvalue weighted by Gasteiger charge is 2.18. The molecular weight excluding hydrogens is 362 g/mol. The van der Waals surface area contributed by atoms with E-state index >= 15 is 0 Å². The molecule has 0 radical (unpaired) electrons. The normalized spacial score (nSPS) is 10.5. The Balaban J connectivity index is 1.67. The Bertz CT molecular complexity index is 903. The summed E-state index contributed by atoms with van der Waals surface area (Å²) < 4.78 is 10.6. The van der Waals surface area contributed by atoms with E-state index in [2.05, 4.69) is 15.3 Å². The SMILES string of the molecule is COc1cccc(OC)c1C(=O)NCCc1sc(-c2cccnc2)nc1C. The highest BCUT2D eigenvalue weighted by Crippen LogP contribution is 2.29. The summed E-state index contributed by atoms with van der Waals surface area (Å²) in [5.74, 6) is 0.748. The highest BCUT2D eigenvalue weighted by molar-refractivity contribution is 7.15. The third-order valence-electron chi connectivity index (χ3n) is 4.09. The molecule has 0 fully saturated rings. The predicted octanol–water partition coefficient (Wildman–Crippen LogP) is 3.50. The first-order chi connectivity index (χ1) is 13.1. The van der Waals surface area contributed by atoms with Crippen molar-refractivity contribution in [1.82, 2.24) is 15.3 Å². The topological polar surface area (TPSA) is 73.3 Å². The van der Waals surface area contributed by atoms with Gasteiger partial charge in [0.2, 0.25) is 0 Å². The molecule has 2 heterocycles. The van der Waals surface area contributed by atoms with E-state index in [-0.39, 0.29) is 5.91 Å². The molecular formula is C20H21N3O3S. The van der Waals surface area contributed by atoms with Crippen molar-refractivity contribution < 1.29 is 14.3 Å². The van der Waals surface area contributed by atoms with Gasteiger partial charge in [-0.1, -0.05) is 6.07 Å². The summed E-state index contributed by atoms with van der Waals surface area (Å²) in [5, 5.41) is 3.88. The number of nitrogens with one attached hydrogen (secondary N) is 1. The summed E-state index contributed by atoms with van der Waals surface area (Å²) >= 11 is 1.62. The molecule has 1 aromatic carbocycles. The maximum absolute atomic E-state index is 12.6. The van der Waals surface area contributed by atoms with Crippen molar-refractivity contribution in [3.05, 3.63) is 58.9 Å². The van der Waals surface area contributed by atoms with Crippen LogP contribution in [0.25, 0.3) is 10.6 Å². The van der Waals surface area contributed by atoms with Gasteiger partial charge < -0.3 is 14.8 Å². The molecule has 6 nitrogen and oxygen atoms in total. The Hall–Kier alpha value is -2.93. The highest BCUT2D eigenvalue weighted by atomic mass is 32.1. The van der Waals surface area contributed by atoms with Crippen molar-refractivity contribution in [2.75, 3.05) is 20.8 Å². The first-order valence-electron chi connectivity index (χ1n) is 8.50. The number of rotatable bonds is 7. The molecule has 0 saturated heterocycles. The van der Waals surface area contributed by atoms with Gasteiger partial charge in [0.15, 0.2) is 0 Å². The lowest BCUT2D eigenvalue weighted by atomic mass is 10.1. The van der Waals surface area contributed by atoms with E-state index in [1.165, 1.54) is 14.2 Å². The van der Waals surface area contributed by atoms with Gasteiger partial charge in [0.25, 0.3) is 5.91 Å². The van der Waals surface area contributed by atoms with E-state index in [1.807, 2.05) is 19.1 Å². The van der Waals surface area contributed by atoms with Gasteiger partial charge in [0.1, 0.15) is 22.1 Å². The fourth-order valence-corrected chi connectivity index (χ4v) is 3.78. The Labute approximate surface area is 162 Å². The van der Waals surface area contributed by atoms with Crippen molar-refractivity contribution in [3.63, 3.8) is 0 Å². The molecule has 0 saturated carbocycles. The van der Waals surface area contributed by atoms with Gasteiger partial charge >= 0.3 is 0 Å². The monoisotopic (exact) mass is 383 g/mol. The predicted molar refractivity (Wildman–Crippen MR) is 106 cm³/mol. The van der Waals surface area contributed by atoms with Crippen LogP contribution in [-0.2, 0) is 6.42 Å². The van der Waals surface area contributed by atoms with Crippen LogP contribution in [-0.4, -0.2) is 36.6 Å². The van der Waals surface area contributed by atoms with Crippen LogP contribution in [0.3, 0.4) is 0 Å². The molecule has 0 unspecified atom stereocenters. The summed E-state index contributed by atoms with van der Waals surface area (Å²) in [6, 6.07) is 9.16. The van der Waals surface area contributed by atoms with E-state index in [9.17, 15) is 4.79 Å². The lowest BCUT2D eigenvalue weighted by molar-refractivity contribution is 0.0948. The number of methoxy groups -OCH3 is 2. The minimum Gasteiger partial charge on any atom is -0.496 e. The lowest BCUT2D eigenvalue weighted by Crippen LogP contribution is -2.26. The van der Waals surface area contributed by atoms with Crippen molar-refractivity contribution >= 4 is 17.2 Å². The number of hydrogen-bond donors (Lipinski definition) is 1. The van der Waals surface area contributed by atoms with Crippen LogP contribution in [0.5, 0.6) is 11.5 Å². The number of aromatic nitrogens is 2. The van der Waals surface area contributed by atoms with Gasteiger partial charge in [-0.3, -0.25) is 9.78 Å². The third kappa shape index (κ3) is 4.25. The van der Waals surface area contributed by atoms with E-state index in [0.29, 0.717) is 30.0 Å². The van der Waals surface area contributed by atoms with E-state index in [0.717, 1.165) is 21.1 Å². The number of carbonyl (C=O) groups is 1. The maximum Gasteiger partial charge on any atom is 0.258 e. The standard InChI is InChI=1S/C20H21N3O3S/c1-13-17(27-20(23-13)14-6-5-10-21-12-14)9-11-22-19(24)18-15(25-2)7-4-8-16(18)26-3/h4-8,10,12H,9,11H2,1-3H3,(H,22,24). The maximum atomic E-state index is 12.6. The Morgan fingerprint density at radius 2 is 1.89 bits per heavy atom. The van der Waals surface area contributed by atoms with Crippen LogP contribution in [0.4, 0.5) is 0 Å². The molecule has 2 aromatic heterocycles. The van der Waals surface area contributed by atoms with Gasteiger partial charge in [-0.05, 0) is 31.2 Å². The largest absolute Gasteiger partial charge is 0.496 e. The van der Waals surface area contributed by atoms with Crippen molar-refractivity contribution in [2.45, 2.75) is 13.3 Å². The quantitative estimate of drug-likeness (QED) is 0.676. The molecule has 0 spiro atoms. The van der Waals surface area contributed by atoms with Gasteiger partial charge in [-0.15, -0.1) is 11.3 Å². The van der Waals surface area contributed by atoms with E-state index in [4.69, 9.17) is 9.47 Å². The Morgan fingerprint density at radius 1 is 1.15 bits per heavy atom. The molecule has 140 valence electrons. The lowest BCUT2D eigenvalue weighted by Gasteiger charge is -2.12. The molecule has 0 aliphatic rings. The first kappa shape index (κ1) is 18.8. The Morgan fingerprint density at radius 3 is 2.52 bits per heavy atom. The van der Waals surface area contributed by atoms with Crippen molar-refractivity contribution in [2.24, 2.45) is 0 Å². The fourth-order valence-electron chi connectivity index (χ4n) is 2.73. The number of nitrogens with zero attached hydrogens (tertiary/aromatic N) is 2. The van der Waals surface area contributed by atoms with E-state index in [1.54, 1.807) is 41.9 Å². The average molecular weight is 383 g/mol. The van der Waals surface area contributed by atoms with Gasteiger partial charge in [-0.2, -0.15) is 0 Å². The summed E-state index contributed by atoms with van der Waals surface area (Å²) in [5.41, 5.74) is 2.38. The summed E-state index contributed by atoms with van der Waals surface area (Å²) in [6.45, 7) is 2.48. The summed E-state index contributed by atoms with van der Waals surface area (Å²) in [7, 11) is 3.07. The molecule has 7 heteroatoms. The van der Waals surface area contributed by atoms with Crippen LogP contribution >= 0.6 is 11.3 Å². The zero-order valence-corrected chi connectivity index (χ0v) is 16.3. The first-order valence-corrected chi connectivity index (χ1v) is 9.31. The van der Waals surface area contributed by atoms with Crippen LogP contribution < -0.4 is 14.8 Å². The molecule has 27 heavy (non-hydrogen) atoms. The number of hydrogen-bond acceptors (Lipinski definition) is 6. The summed E-state index contributed by atoms with van der Waals surface area (Å²) in [6.07, 6.45) is 4.25. The number of thiazole rings is 1. The minimum atomic E-state index is -0.223. The number of pyridine rings is 1. The smallest absolute Gasteiger partial charge is 0.258 e. The average Bonchev–Trinajstić information content (AvgIpc) is 3.08. The van der Waals surface area contributed by atoms with Gasteiger partial charge in [0.05, 0.1) is 19.9 Å². The van der Waals surface area contributed by atoms with Crippen LogP contribution in [0.2, 0.25) is 0 Å². The Kier molecular flexibility index (Phi) is 6.03. The zero-order chi connectivity index (χ0) is 19.2. The molecule has 3 aromatic rings. The molecule has 1 N–H and O–H groups in total. The minimum absolute atomic E-state index is 0.223. The molecule has 1 amide bonds. The third-order valence-corrected chi connectivity index (χ3v) is 5.36. The van der Waals surface area contributed by atoms with E-state index < -0.39 is 0 Å². The molecule has 0 atom stereocenters. The molecule has 0 aliphatic carbocycles. The second-order valence-electron chi connectivity index (χ2n) is 5.81. The molecule has 0 aliphatic heterocycles. The molecule has 0 bridgehead atoms. The molecule has 3 rings (SSSR count). The fraction of sp³-hybridized carbons (Fsp3) is 0.250. The van der Waals surface area contributed by atoms with Crippen LogP contribution in [0.15, 0.2) is 42.7 Å². The van der Waals surface area contributed by atoms with Crippen molar-refractivity contribution in [3.8, 4) is 22.1 Å². The van der Waals surface area contributed by atoms with Gasteiger partial charge in [0, 0.05) is 35.8 Å². The second kappa shape index (κ2) is 8.64. The van der Waals surface area contributed by atoms with Crippen LogP contribution in [0, 0.1) is 6.92 Å². The number of carbonyl (C=O) groups excluding carboxylic acids is 1. The zero-order valence-electron chi connectivity index (χ0n) is 15.5. The second-order valence-corrected chi connectivity index (χ2v) is 6.90. The summed E-state index contributed by atoms with van der Waals surface area (Å²) in [4.78, 5) is 22.5. The van der Waals surface area contributed by atoms with Crippen molar-refractivity contribution in [1.29, 1.82) is 0 Å². The van der Waals surface area contributed by atoms with Gasteiger partial charge in [-0.25, -0.2) is 4.98 Å². The number of ether oxygens (including phenoxy) is 2. The number of amides is 1. The van der Waals surface area contributed by atoms with Crippen LogP contribution in [0.1, 0.15) is 20.9 Å². The number of aryl methyl sites for hydroxylation is 1. The number of benzene rings is 1.